The van der Waals surface area contributed by atoms with Gasteiger partial charge >= 0.3 is 0 Å². The zero-order chi connectivity index (χ0) is 13.9. The van der Waals surface area contributed by atoms with E-state index in [4.69, 9.17) is 0 Å². The third-order valence-corrected chi connectivity index (χ3v) is 3.30. The zero-order valence-electron chi connectivity index (χ0n) is 12.6. The fourth-order valence-corrected chi connectivity index (χ4v) is 2.49. The maximum Gasteiger partial charge on any atom is 0.225 e. The van der Waals surface area contributed by atoms with Crippen LogP contribution >= 0.6 is 0 Å². The lowest BCUT2D eigenvalue weighted by molar-refractivity contribution is 0.462. The van der Waals surface area contributed by atoms with Crippen LogP contribution < -0.4 is 10.6 Å². The monoisotopic (exact) mass is 262 g/mol. The van der Waals surface area contributed by atoms with Crippen molar-refractivity contribution in [1.29, 1.82) is 0 Å². The van der Waals surface area contributed by atoms with Crippen molar-refractivity contribution in [1.82, 2.24) is 9.97 Å². The van der Waals surface area contributed by atoms with Gasteiger partial charge in [-0.1, -0.05) is 19.3 Å². The Bertz CT molecular complexity index is 417. The van der Waals surface area contributed by atoms with Gasteiger partial charge < -0.3 is 10.6 Å². The molecule has 1 fully saturated rings. The molecular formula is C15H26N4. The van der Waals surface area contributed by atoms with Crippen LogP contribution in [0.5, 0.6) is 0 Å². The Morgan fingerprint density at radius 2 is 1.79 bits per heavy atom. The maximum atomic E-state index is 4.58. The van der Waals surface area contributed by atoms with Crippen LogP contribution in [-0.2, 0) is 0 Å². The highest BCUT2D eigenvalue weighted by Crippen LogP contribution is 2.22. The molecule has 19 heavy (non-hydrogen) atoms. The van der Waals surface area contributed by atoms with Crippen molar-refractivity contribution in [3.05, 3.63) is 11.8 Å². The Morgan fingerprint density at radius 3 is 2.42 bits per heavy atom. The summed E-state index contributed by atoms with van der Waals surface area (Å²) in [4.78, 5) is 9.03. The Morgan fingerprint density at radius 1 is 1.11 bits per heavy atom. The van der Waals surface area contributed by atoms with E-state index < -0.39 is 0 Å². The molecule has 0 saturated heterocycles. The van der Waals surface area contributed by atoms with Crippen LogP contribution in [0.2, 0.25) is 0 Å². The van der Waals surface area contributed by atoms with Crippen molar-refractivity contribution in [3.8, 4) is 0 Å². The van der Waals surface area contributed by atoms with Crippen LogP contribution in [0.1, 0.15) is 58.6 Å². The van der Waals surface area contributed by atoms with Gasteiger partial charge in [-0.2, -0.15) is 4.98 Å². The van der Waals surface area contributed by atoms with Gasteiger partial charge in [-0.05, 0) is 40.5 Å². The van der Waals surface area contributed by atoms with E-state index in [0.717, 1.165) is 11.5 Å². The molecule has 0 spiro atoms. The summed E-state index contributed by atoms with van der Waals surface area (Å²) in [6.07, 6.45) is 6.54. The predicted octanol–water partition coefficient (Wildman–Crippen LogP) is 3.74. The molecule has 1 aliphatic rings. The van der Waals surface area contributed by atoms with E-state index in [9.17, 15) is 0 Å². The van der Waals surface area contributed by atoms with E-state index in [2.05, 4.69) is 41.4 Å². The van der Waals surface area contributed by atoms with Gasteiger partial charge in [-0.15, -0.1) is 0 Å². The average molecular weight is 262 g/mol. The number of nitrogens with one attached hydrogen (secondary N) is 2. The van der Waals surface area contributed by atoms with E-state index in [0.29, 0.717) is 12.0 Å². The topological polar surface area (TPSA) is 49.8 Å². The number of nitrogens with zero attached hydrogens (tertiary/aromatic N) is 2. The fraction of sp³-hybridized carbons (Fsp3) is 0.733. The molecule has 1 heterocycles. The van der Waals surface area contributed by atoms with Gasteiger partial charge in [0, 0.05) is 23.3 Å². The third kappa shape index (κ3) is 4.69. The molecule has 0 amide bonds. The van der Waals surface area contributed by atoms with Crippen LogP contribution in [0.4, 0.5) is 11.8 Å². The number of hydrogen-bond acceptors (Lipinski definition) is 4. The molecular weight excluding hydrogens is 236 g/mol. The second-order valence-corrected chi connectivity index (χ2v) is 6.57. The first kappa shape index (κ1) is 14.1. The van der Waals surface area contributed by atoms with E-state index in [1.807, 2.05) is 13.0 Å². The van der Waals surface area contributed by atoms with Gasteiger partial charge in [-0.25, -0.2) is 4.98 Å². The number of aryl methyl sites for hydroxylation is 1. The summed E-state index contributed by atoms with van der Waals surface area (Å²) in [7, 11) is 0. The zero-order valence-corrected chi connectivity index (χ0v) is 12.6. The normalized spacial score (nSPS) is 17.3. The number of hydrogen-bond donors (Lipinski definition) is 2. The van der Waals surface area contributed by atoms with Crippen LogP contribution in [0.25, 0.3) is 0 Å². The highest BCUT2D eigenvalue weighted by molar-refractivity contribution is 5.43. The molecule has 0 radical (unpaired) electrons. The summed E-state index contributed by atoms with van der Waals surface area (Å²) in [6, 6.07) is 2.60. The van der Waals surface area contributed by atoms with Gasteiger partial charge in [0.1, 0.15) is 5.82 Å². The summed E-state index contributed by atoms with van der Waals surface area (Å²) >= 11 is 0. The van der Waals surface area contributed by atoms with Crippen LogP contribution in [0.3, 0.4) is 0 Å². The summed E-state index contributed by atoms with van der Waals surface area (Å²) < 4.78 is 0. The molecule has 4 nitrogen and oxygen atoms in total. The number of aromatic nitrogens is 2. The molecule has 0 aromatic carbocycles. The minimum absolute atomic E-state index is 0.0180. The Hall–Kier alpha value is -1.32. The second-order valence-electron chi connectivity index (χ2n) is 6.57. The van der Waals surface area contributed by atoms with Crippen LogP contribution in [0, 0.1) is 6.92 Å². The van der Waals surface area contributed by atoms with Gasteiger partial charge in [-0.3, -0.25) is 0 Å². The Kier molecular flexibility index (Phi) is 4.27. The first-order valence-corrected chi connectivity index (χ1v) is 7.33. The molecule has 0 unspecified atom stereocenters. The van der Waals surface area contributed by atoms with Gasteiger partial charge in [0.15, 0.2) is 0 Å². The van der Waals surface area contributed by atoms with Crippen molar-refractivity contribution in [2.75, 3.05) is 10.6 Å². The molecule has 106 valence electrons. The molecule has 4 heteroatoms. The van der Waals surface area contributed by atoms with Crippen LogP contribution in [-0.4, -0.2) is 21.5 Å². The molecule has 1 saturated carbocycles. The second kappa shape index (κ2) is 5.76. The summed E-state index contributed by atoms with van der Waals surface area (Å²) in [5.74, 6) is 1.66. The molecule has 0 bridgehead atoms. The van der Waals surface area contributed by atoms with E-state index in [1.54, 1.807) is 0 Å². The highest BCUT2D eigenvalue weighted by Gasteiger charge is 2.15. The smallest absolute Gasteiger partial charge is 0.225 e. The van der Waals surface area contributed by atoms with Crippen molar-refractivity contribution in [2.45, 2.75) is 71.4 Å². The van der Waals surface area contributed by atoms with E-state index in [-0.39, 0.29) is 5.54 Å². The average Bonchev–Trinajstić information content (AvgIpc) is 2.26. The first-order valence-electron chi connectivity index (χ1n) is 7.33. The first-order chi connectivity index (χ1) is 8.92. The summed E-state index contributed by atoms with van der Waals surface area (Å²) in [5, 5.41) is 6.89. The maximum absolute atomic E-state index is 4.58. The molecule has 0 atom stereocenters. The predicted molar refractivity (Wildman–Crippen MR) is 80.6 cm³/mol. The minimum atomic E-state index is -0.0180. The van der Waals surface area contributed by atoms with Crippen molar-refractivity contribution in [3.63, 3.8) is 0 Å². The number of anilines is 2. The van der Waals surface area contributed by atoms with Crippen molar-refractivity contribution < 1.29 is 0 Å². The molecule has 1 aliphatic carbocycles. The third-order valence-electron chi connectivity index (χ3n) is 3.30. The van der Waals surface area contributed by atoms with Crippen molar-refractivity contribution in [2.24, 2.45) is 0 Å². The highest BCUT2D eigenvalue weighted by atomic mass is 15.2. The standard InChI is InChI=1S/C15H26N4/c1-11-10-13(17-12-8-6-5-7-9-12)18-14(16-11)19-15(2,3)4/h10,12H,5-9H2,1-4H3,(H2,16,17,18,19). The van der Waals surface area contributed by atoms with Gasteiger partial charge in [0.2, 0.25) is 5.95 Å². The lowest BCUT2D eigenvalue weighted by Crippen LogP contribution is -2.28. The Labute approximate surface area is 116 Å². The SMILES string of the molecule is Cc1cc(NC2CCCCC2)nc(NC(C)(C)C)n1. The van der Waals surface area contributed by atoms with E-state index >= 15 is 0 Å². The molecule has 2 N–H and O–H groups in total. The summed E-state index contributed by atoms with van der Waals surface area (Å²) in [5.41, 5.74) is 0.982. The van der Waals surface area contributed by atoms with E-state index in [1.165, 1.54) is 32.1 Å². The quantitative estimate of drug-likeness (QED) is 0.871. The minimum Gasteiger partial charge on any atom is -0.367 e. The Balaban J connectivity index is 2.07. The molecule has 1 aromatic heterocycles. The lowest BCUT2D eigenvalue weighted by atomic mass is 9.95. The molecule has 1 aromatic rings. The summed E-state index contributed by atoms with van der Waals surface area (Å²) in [6.45, 7) is 8.37. The van der Waals surface area contributed by atoms with Gasteiger partial charge in [0.25, 0.3) is 0 Å². The van der Waals surface area contributed by atoms with Crippen LogP contribution in [0.15, 0.2) is 6.07 Å². The largest absolute Gasteiger partial charge is 0.367 e. The molecule has 0 aliphatic heterocycles. The van der Waals surface area contributed by atoms with Gasteiger partial charge in [0.05, 0.1) is 0 Å². The molecule has 2 rings (SSSR count). The lowest BCUT2D eigenvalue weighted by Gasteiger charge is -2.24. The van der Waals surface area contributed by atoms with Crippen molar-refractivity contribution >= 4 is 11.8 Å². The fourth-order valence-electron chi connectivity index (χ4n) is 2.49. The number of rotatable bonds is 3.